The topological polar surface area (TPSA) is 122 Å². The Morgan fingerprint density at radius 1 is 1.08 bits per heavy atom. The number of hydrogen-bond donors (Lipinski definition) is 2. The second-order valence-electron chi connectivity index (χ2n) is 9.36. The molecule has 0 aliphatic carbocycles. The number of hydrogen-bond acceptors (Lipinski definition) is 7. The smallest absolute Gasteiger partial charge is 0.339 e. The van der Waals surface area contributed by atoms with Crippen LogP contribution in [0.5, 0.6) is 0 Å². The number of ether oxygens (including phenoxy) is 1. The highest BCUT2D eigenvalue weighted by Gasteiger charge is 2.66. The van der Waals surface area contributed by atoms with Gasteiger partial charge in [0, 0.05) is 22.3 Å². The highest BCUT2D eigenvalue weighted by molar-refractivity contribution is 9.10. The second-order valence-corrected chi connectivity index (χ2v) is 10.2. The molecule has 0 aromatic heterocycles. The maximum absolute atomic E-state index is 14.1. The third-order valence-corrected chi connectivity index (χ3v) is 7.31. The van der Waals surface area contributed by atoms with E-state index < -0.39 is 29.1 Å². The third kappa shape index (κ3) is 3.35. The van der Waals surface area contributed by atoms with Crippen molar-refractivity contribution in [3.05, 3.63) is 81.2 Å². The Balaban J connectivity index is 1.91. The molecule has 0 bridgehead atoms. The second kappa shape index (κ2) is 8.88. The van der Waals surface area contributed by atoms with Crippen LogP contribution in [-0.4, -0.2) is 41.7 Å². The number of benzene rings is 2. The Bertz CT molecular complexity index is 1430. The zero-order valence-corrected chi connectivity index (χ0v) is 22.1. The number of nitrogens with two attached hydrogens (primary N) is 1. The summed E-state index contributed by atoms with van der Waals surface area (Å²) in [6.07, 6.45) is 0. The van der Waals surface area contributed by atoms with Crippen molar-refractivity contribution >= 4 is 51.0 Å². The molecule has 9 nitrogen and oxygen atoms in total. The van der Waals surface area contributed by atoms with Crippen molar-refractivity contribution in [2.45, 2.75) is 26.2 Å². The van der Waals surface area contributed by atoms with E-state index in [0.717, 1.165) is 4.90 Å². The summed E-state index contributed by atoms with van der Waals surface area (Å²) in [5.74, 6) is -2.93. The van der Waals surface area contributed by atoms with Crippen LogP contribution in [-0.2, 0) is 29.3 Å². The minimum atomic E-state index is -1.98. The molecule has 0 saturated carbocycles. The number of anilines is 2. The van der Waals surface area contributed by atoms with E-state index in [1.165, 1.54) is 4.90 Å². The Labute approximate surface area is 222 Å². The van der Waals surface area contributed by atoms with Gasteiger partial charge in [-0.2, -0.15) is 0 Å². The van der Waals surface area contributed by atoms with Gasteiger partial charge in [-0.25, -0.2) is 4.79 Å². The van der Waals surface area contributed by atoms with Crippen LogP contribution in [0, 0.1) is 5.92 Å². The van der Waals surface area contributed by atoms with Crippen molar-refractivity contribution in [1.29, 1.82) is 0 Å². The van der Waals surface area contributed by atoms with E-state index in [0.29, 0.717) is 21.4 Å². The van der Waals surface area contributed by atoms with Crippen molar-refractivity contribution in [3.63, 3.8) is 0 Å². The van der Waals surface area contributed by atoms with Gasteiger partial charge in [-0.15, -0.1) is 0 Å². The lowest BCUT2D eigenvalue weighted by atomic mass is 9.66. The van der Waals surface area contributed by atoms with E-state index in [1.807, 2.05) is 13.8 Å². The number of esters is 1. The van der Waals surface area contributed by atoms with E-state index in [-0.39, 0.29) is 41.7 Å². The molecule has 1 spiro atoms. The van der Waals surface area contributed by atoms with Gasteiger partial charge in [-0.1, -0.05) is 44.2 Å². The number of imide groups is 1. The standard InChI is InChI=1S/C27H25BrN4O5/c1-4-37-25(35)19-22(29)32(15-9-6-5-7-10-15)21-18(23(33)31(24(21)34)13-14(2)3)27(19)16-11-8-12-17(28)20(16)30-26(27)36/h5-12,14H,4,13,29H2,1-3H3,(H,30,36)/t27-/m0/s1. The van der Waals surface area contributed by atoms with Crippen LogP contribution < -0.4 is 16.0 Å². The van der Waals surface area contributed by atoms with Gasteiger partial charge >= 0.3 is 5.97 Å². The Morgan fingerprint density at radius 3 is 2.43 bits per heavy atom. The summed E-state index contributed by atoms with van der Waals surface area (Å²) in [5.41, 5.74) is 5.55. The molecule has 10 heteroatoms. The van der Waals surface area contributed by atoms with Crippen LogP contribution in [0.3, 0.4) is 0 Å². The van der Waals surface area contributed by atoms with Crippen LogP contribution in [0.2, 0.25) is 0 Å². The van der Waals surface area contributed by atoms with Crippen LogP contribution in [0.15, 0.2) is 75.7 Å². The fourth-order valence-corrected chi connectivity index (χ4v) is 5.75. The van der Waals surface area contributed by atoms with Gasteiger partial charge < -0.3 is 15.8 Å². The quantitative estimate of drug-likeness (QED) is 0.422. The van der Waals surface area contributed by atoms with Crippen LogP contribution in [0.25, 0.3) is 0 Å². The third-order valence-electron chi connectivity index (χ3n) is 6.65. The summed E-state index contributed by atoms with van der Waals surface area (Å²) in [5, 5.41) is 2.81. The van der Waals surface area contributed by atoms with E-state index in [1.54, 1.807) is 55.5 Å². The molecule has 5 rings (SSSR count). The van der Waals surface area contributed by atoms with Crippen molar-refractivity contribution in [1.82, 2.24) is 4.90 Å². The molecule has 0 saturated heterocycles. The lowest BCUT2D eigenvalue weighted by Crippen LogP contribution is -2.51. The predicted octanol–water partition coefficient (Wildman–Crippen LogP) is 3.17. The molecule has 2 aromatic rings. The molecule has 3 aliphatic heterocycles. The molecule has 3 aliphatic rings. The molecule has 190 valence electrons. The first-order chi connectivity index (χ1) is 17.7. The van der Waals surface area contributed by atoms with Gasteiger partial charge in [0.2, 0.25) is 5.91 Å². The molecular formula is C27H25BrN4O5. The summed E-state index contributed by atoms with van der Waals surface area (Å²) in [6.45, 7) is 5.55. The molecule has 0 unspecified atom stereocenters. The highest BCUT2D eigenvalue weighted by Crippen LogP contribution is 2.56. The molecule has 1 atom stereocenters. The lowest BCUT2D eigenvalue weighted by molar-refractivity contribution is -0.140. The maximum Gasteiger partial charge on any atom is 0.339 e. The van der Waals surface area contributed by atoms with Crippen molar-refractivity contribution in [2.75, 3.05) is 23.4 Å². The average molecular weight is 565 g/mol. The van der Waals surface area contributed by atoms with Gasteiger partial charge in [-0.3, -0.25) is 24.2 Å². The first-order valence-electron chi connectivity index (χ1n) is 11.9. The number of nitrogens with one attached hydrogen (secondary N) is 1. The number of fused-ring (bicyclic) bond motifs is 3. The molecular weight excluding hydrogens is 540 g/mol. The number of rotatable bonds is 5. The van der Waals surface area contributed by atoms with Crippen molar-refractivity contribution in [3.8, 4) is 0 Å². The molecule has 0 radical (unpaired) electrons. The van der Waals surface area contributed by atoms with E-state index in [4.69, 9.17) is 10.5 Å². The fourth-order valence-electron chi connectivity index (χ4n) is 5.28. The first kappa shape index (κ1) is 24.8. The zero-order valence-electron chi connectivity index (χ0n) is 20.5. The molecule has 2 aromatic carbocycles. The minimum Gasteiger partial charge on any atom is -0.462 e. The number of nitrogens with zero attached hydrogens (tertiary/aromatic N) is 2. The average Bonchev–Trinajstić information content (AvgIpc) is 3.27. The summed E-state index contributed by atoms with van der Waals surface area (Å²) in [7, 11) is 0. The first-order valence-corrected chi connectivity index (χ1v) is 12.7. The number of halogens is 1. The lowest BCUT2D eigenvalue weighted by Gasteiger charge is -2.39. The molecule has 3 amide bonds. The predicted molar refractivity (Wildman–Crippen MR) is 140 cm³/mol. The SMILES string of the molecule is CCOC(=O)C1=C(N)N(c2ccccc2)C2=C(C(=O)N(CC(C)C)C2=O)[C@]12C(=O)Nc1c(Br)cccc12. The largest absolute Gasteiger partial charge is 0.462 e. The Kier molecular flexibility index (Phi) is 5.94. The molecule has 37 heavy (non-hydrogen) atoms. The molecule has 3 heterocycles. The summed E-state index contributed by atoms with van der Waals surface area (Å²) in [6, 6.07) is 13.8. The number of para-hydroxylation sites is 2. The van der Waals surface area contributed by atoms with Crippen LogP contribution in [0.4, 0.5) is 11.4 Å². The van der Waals surface area contributed by atoms with Gasteiger partial charge in [-0.05, 0) is 47.0 Å². The molecule has 0 fully saturated rings. The van der Waals surface area contributed by atoms with Gasteiger partial charge in [0.15, 0.2) is 0 Å². The number of carbonyl (C=O) groups is 4. The summed E-state index contributed by atoms with van der Waals surface area (Å²) in [4.78, 5) is 58.2. The maximum atomic E-state index is 14.1. The Hall–Kier alpha value is -3.92. The van der Waals surface area contributed by atoms with Gasteiger partial charge in [0.25, 0.3) is 11.8 Å². The zero-order chi connectivity index (χ0) is 26.6. The van der Waals surface area contributed by atoms with Gasteiger partial charge in [0.1, 0.15) is 22.5 Å². The number of carbonyl (C=O) groups excluding carboxylic acids is 4. The van der Waals surface area contributed by atoms with E-state index in [2.05, 4.69) is 21.2 Å². The van der Waals surface area contributed by atoms with E-state index in [9.17, 15) is 19.2 Å². The van der Waals surface area contributed by atoms with Gasteiger partial charge in [0.05, 0.1) is 17.9 Å². The highest BCUT2D eigenvalue weighted by atomic mass is 79.9. The van der Waals surface area contributed by atoms with Crippen LogP contribution >= 0.6 is 15.9 Å². The summed E-state index contributed by atoms with van der Waals surface area (Å²) < 4.78 is 5.95. The van der Waals surface area contributed by atoms with Crippen molar-refractivity contribution < 1.29 is 23.9 Å². The number of amides is 3. The monoisotopic (exact) mass is 564 g/mol. The van der Waals surface area contributed by atoms with Crippen molar-refractivity contribution in [2.24, 2.45) is 11.7 Å². The fraction of sp³-hybridized carbons (Fsp3) is 0.259. The normalized spacial score (nSPS) is 20.7. The van der Waals surface area contributed by atoms with Crippen LogP contribution in [0.1, 0.15) is 26.3 Å². The van der Waals surface area contributed by atoms with E-state index >= 15 is 0 Å². The molecule has 3 N–H and O–H groups in total. The summed E-state index contributed by atoms with van der Waals surface area (Å²) >= 11 is 3.45. The minimum absolute atomic E-state index is 0.0161. The Morgan fingerprint density at radius 2 is 1.78 bits per heavy atom.